The molecule has 0 atom stereocenters. The number of halogens is 2. The molecule has 0 radical (unpaired) electrons. The highest BCUT2D eigenvalue weighted by molar-refractivity contribution is 5.98. The number of aromatic nitrogens is 2. The third kappa shape index (κ3) is 4.53. The zero-order valence-corrected chi connectivity index (χ0v) is 15.8. The average Bonchev–Trinajstić information content (AvgIpc) is 2.87. The van der Waals surface area contributed by atoms with E-state index < -0.39 is 31.6 Å². The van der Waals surface area contributed by atoms with Crippen LogP contribution in [0.5, 0.6) is 11.5 Å². The van der Waals surface area contributed by atoms with Gasteiger partial charge < -0.3 is 14.4 Å². The van der Waals surface area contributed by atoms with E-state index in [2.05, 4.69) is 14.7 Å². The van der Waals surface area contributed by atoms with E-state index in [0.29, 0.717) is 23.0 Å². The number of ether oxygens (including phenoxy) is 2. The summed E-state index contributed by atoms with van der Waals surface area (Å²) in [6, 6.07) is 11.7. The Morgan fingerprint density at radius 1 is 1.20 bits per heavy atom. The number of hydrogen-bond acceptors (Lipinski definition) is 5. The Balaban J connectivity index is 1.73. The van der Waals surface area contributed by atoms with E-state index in [9.17, 15) is 13.6 Å². The smallest absolute Gasteiger partial charge is 0.394 e. The van der Waals surface area contributed by atoms with Gasteiger partial charge in [0.25, 0.3) is 5.91 Å². The molecule has 154 valence electrons. The van der Waals surface area contributed by atoms with Crippen molar-refractivity contribution in [1.82, 2.24) is 14.9 Å². The molecule has 30 heavy (non-hydrogen) atoms. The summed E-state index contributed by atoms with van der Waals surface area (Å²) in [6.45, 7) is -5.01. The van der Waals surface area contributed by atoms with E-state index in [1.54, 1.807) is 6.07 Å². The molecule has 1 aliphatic heterocycles. The number of carbonyl (C=O) groups excluding carboxylic acids is 1. The zero-order valence-electron chi connectivity index (χ0n) is 19.8. The third-order valence-electron chi connectivity index (χ3n) is 4.15. The molecule has 1 amide bonds. The van der Waals surface area contributed by atoms with Gasteiger partial charge >= 0.3 is 6.11 Å². The lowest BCUT2D eigenvalue weighted by Crippen LogP contribution is -2.32. The first-order valence-corrected chi connectivity index (χ1v) is 8.96. The Bertz CT molecular complexity index is 1210. The summed E-state index contributed by atoms with van der Waals surface area (Å²) < 4.78 is 69.3. The van der Waals surface area contributed by atoms with Crippen molar-refractivity contribution >= 4 is 5.91 Å². The van der Waals surface area contributed by atoms with Gasteiger partial charge in [-0.2, -0.15) is 8.78 Å². The third-order valence-corrected chi connectivity index (χ3v) is 4.15. The van der Waals surface area contributed by atoms with Crippen LogP contribution in [-0.4, -0.2) is 40.0 Å². The quantitative estimate of drug-likeness (QED) is 0.626. The first-order chi connectivity index (χ1) is 15.9. The normalized spacial score (nSPS) is 18.1. The minimum Gasteiger partial charge on any atom is -0.491 e. The highest BCUT2D eigenvalue weighted by Gasteiger charge is 2.25. The average molecular weight is 415 g/mol. The molecule has 0 fully saturated rings. The van der Waals surface area contributed by atoms with E-state index in [1.165, 1.54) is 54.9 Å². The number of hydrogen-bond donors (Lipinski definition) is 0. The van der Waals surface area contributed by atoms with Gasteiger partial charge in [0.15, 0.2) is 0 Å². The molecule has 1 aromatic heterocycles. The van der Waals surface area contributed by atoms with Crippen molar-refractivity contribution in [1.29, 1.82) is 0 Å². The van der Waals surface area contributed by atoms with E-state index in [-0.39, 0.29) is 22.9 Å². The molecule has 6 nitrogen and oxygen atoms in total. The van der Waals surface area contributed by atoms with E-state index in [4.69, 9.17) is 10.2 Å². The van der Waals surface area contributed by atoms with Crippen molar-refractivity contribution in [3.8, 4) is 22.6 Å². The summed E-state index contributed by atoms with van der Waals surface area (Å²) >= 11 is 0. The van der Waals surface area contributed by atoms with Crippen molar-refractivity contribution < 1.29 is 28.5 Å². The molecular formula is C22H19F2N3O3. The maximum absolute atomic E-state index is 13.4. The molecule has 0 saturated heterocycles. The van der Waals surface area contributed by atoms with Crippen LogP contribution in [0.1, 0.15) is 28.6 Å². The zero-order chi connectivity index (χ0) is 24.7. The Morgan fingerprint density at radius 2 is 1.90 bits per heavy atom. The number of benzene rings is 2. The van der Waals surface area contributed by atoms with Crippen LogP contribution in [0.25, 0.3) is 11.1 Å². The molecule has 3 aromatic rings. The highest BCUT2D eigenvalue weighted by atomic mass is 19.3. The van der Waals surface area contributed by atoms with Gasteiger partial charge in [0, 0.05) is 19.3 Å². The summed E-state index contributed by atoms with van der Waals surface area (Å²) in [4.78, 5) is 21.9. The molecule has 0 unspecified atom stereocenters. The topological polar surface area (TPSA) is 64.6 Å². The molecule has 4 rings (SSSR count). The van der Waals surface area contributed by atoms with Gasteiger partial charge in [0.05, 0.1) is 24.1 Å². The first-order valence-electron chi connectivity index (χ1n) is 11.0. The SMILES string of the molecule is [2H]C1([2H])CN(C([2H])([2H])c2ncccn2)C(=O)c2cc(-c3ccc(OC(C)(F)F)cc3)ccc2O1. The molecule has 0 spiro atoms. The second-order valence-corrected chi connectivity index (χ2v) is 6.47. The molecule has 1 aliphatic rings. The second kappa shape index (κ2) is 8.06. The van der Waals surface area contributed by atoms with Crippen LogP contribution in [0, 0.1) is 0 Å². The van der Waals surface area contributed by atoms with Gasteiger partial charge in [0.1, 0.15) is 23.9 Å². The van der Waals surface area contributed by atoms with Crippen molar-refractivity contribution in [2.75, 3.05) is 13.1 Å². The van der Waals surface area contributed by atoms with Gasteiger partial charge in [-0.25, -0.2) is 9.97 Å². The minimum atomic E-state index is -3.33. The summed E-state index contributed by atoms with van der Waals surface area (Å²) in [5.74, 6) is -1.22. The Hall–Kier alpha value is -3.55. The molecule has 8 heteroatoms. The Labute approximate surface area is 177 Å². The summed E-state index contributed by atoms with van der Waals surface area (Å²) in [6.07, 6.45) is -0.692. The lowest BCUT2D eigenvalue weighted by atomic mass is 10.0. The van der Waals surface area contributed by atoms with Crippen LogP contribution in [0.2, 0.25) is 0 Å². The molecular weight excluding hydrogens is 392 g/mol. The molecule has 2 aromatic carbocycles. The molecule has 0 aliphatic carbocycles. The molecule has 0 saturated carbocycles. The van der Waals surface area contributed by atoms with Crippen molar-refractivity contribution in [2.24, 2.45) is 0 Å². The predicted octanol–water partition coefficient (Wildman–Crippen LogP) is 4.17. The Kier molecular flexibility index (Phi) is 4.11. The summed E-state index contributed by atoms with van der Waals surface area (Å²) in [7, 11) is 0. The minimum absolute atomic E-state index is 0.0409. The number of amides is 1. The fourth-order valence-corrected chi connectivity index (χ4v) is 2.85. The highest BCUT2D eigenvalue weighted by Crippen LogP contribution is 2.31. The maximum Gasteiger partial charge on any atom is 0.394 e. The number of carbonyl (C=O) groups is 1. The molecule has 0 N–H and O–H groups in total. The van der Waals surface area contributed by atoms with Crippen LogP contribution in [-0.2, 0) is 6.50 Å². The maximum atomic E-state index is 13.4. The largest absolute Gasteiger partial charge is 0.491 e. The number of rotatable bonds is 5. The standard InChI is InChI=1S/C22H19F2N3O3/c1-22(23,24)30-17-6-3-15(4-7-17)16-5-8-19-18(13-16)21(28)27(11-12-29-19)14-20-25-9-2-10-26-20/h2-10,13H,11-12,14H2,1H3/i12D2,14D2. The van der Waals surface area contributed by atoms with Gasteiger partial charge in [-0.15, -0.1) is 0 Å². The lowest BCUT2D eigenvalue weighted by Gasteiger charge is -2.19. The Morgan fingerprint density at radius 3 is 2.60 bits per heavy atom. The summed E-state index contributed by atoms with van der Waals surface area (Å²) in [5, 5.41) is 0. The molecule has 0 bridgehead atoms. The fraction of sp³-hybridized carbons (Fsp3) is 0.227. The van der Waals surface area contributed by atoms with Crippen LogP contribution < -0.4 is 9.47 Å². The van der Waals surface area contributed by atoms with E-state index >= 15 is 0 Å². The number of fused-ring (bicyclic) bond motifs is 1. The van der Waals surface area contributed by atoms with Crippen LogP contribution in [0.3, 0.4) is 0 Å². The fourth-order valence-electron chi connectivity index (χ4n) is 2.85. The van der Waals surface area contributed by atoms with Crippen molar-refractivity contribution in [3.63, 3.8) is 0 Å². The van der Waals surface area contributed by atoms with Gasteiger partial charge in [-0.3, -0.25) is 4.79 Å². The van der Waals surface area contributed by atoms with Crippen LogP contribution in [0.15, 0.2) is 60.9 Å². The first kappa shape index (κ1) is 15.3. The van der Waals surface area contributed by atoms with Crippen molar-refractivity contribution in [2.45, 2.75) is 19.5 Å². The molecule has 2 heterocycles. The van der Waals surface area contributed by atoms with E-state index in [0.717, 1.165) is 0 Å². The predicted molar refractivity (Wildman–Crippen MR) is 105 cm³/mol. The van der Waals surface area contributed by atoms with Gasteiger partial charge in [-0.1, -0.05) is 18.2 Å². The van der Waals surface area contributed by atoms with E-state index in [1.807, 2.05) is 0 Å². The van der Waals surface area contributed by atoms with Crippen LogP contribution >= 0.6 is 0 Å². The van der Waals surface area contributed by atoms with Crippen LogP contribution in [0.4, 0.5) is 8.78 Å². The monoisotopic (exact) mass is 415 g/mol. The summed E-state index contributed by atoms with van der Waals surface area (Å²) in [5.41, 5.74) is 0.999. The number of nitrogens with zero attached hydrogens (tertiary/aromatic N) is 3. The number of alkyl halides is 2. The van der Waals surface area contributed by atoms with Crippen molar-refractivity contribution in [3.05, 3.63) is 72.3 Å². The van der Waals surface area contributed by atoms with Gasteiger partial charge in [0.2, 0.25) is 0 Å². The second-order valence-electron chi connectivity index (χ2n) is 6.47. The van der Waals surface area contributed by atoms with Gasteiger partial charge in [-0.05, 0) is 41.5 Å². The lowest BCUT2D eigenvalue weighted by molar-refractivity contribution is -0.158.